The van der Waals surface area contributed by atoms with Gasteiger partial charge < -0.3 is 10.2 Å². The van der Waals surface area contributed by atoms with Crippen molar-refractivity contribution < 1.29 is 4.79 Å². The molecule has 0 saturated carbocycles. The lowest BCUT2D eigenvalue weighted by Gasteiger charge is -2.16. The molecule has 0 unspecified atom stereocenters. The van der Waals surface area contributed by atoms with Crippen LogP contribution in [0.25, 0.3) is 0 Å². The minimum absolute atomic E-state index is 0.198. The standard InChI is InChI=1S/C11H18N2OS/c1-3-12-7-6-11(14)13(2)9-10-5-4-8-15-10/h4-5,8,12H,3,6-7,9H2,1-2H3. The van der Waals surface area contributed by atoms with E-state index in [0.717, 1.165) is 19.6 Å². The van der Waals surface area contributed by atoms with Crippen LogP contribution in [-0.2, 0) is 11.3 Å². The van der Waals surface area contributed by atoms with E-state index in [1.165, 1.54) is 4.88 Å². The zero-order chi connectivity index (χ0) is 11.1. The van der Waals surface area contributed by atoms with Gasteiger partial charge in [-0.25, -0.2) is 0 Å². The average molecular weight is 226 g/mol. The van der Waals surface area contributed by atoms with Crippen molar-refractivity contribution in [3.8, 4) is 0 Å². The molecule has 0 aliphatic heterocycles. The van der Waals surface area contributed by atoms with Crippen LogP contribution in [0.15, 0.2) is 17.5 Å². The minimum Gasteiger partial charge on any atom is -0.341 e. The zero-order valence-electron chi connectivity index (χ0n) is 9.32. The highest BCUT2D eigenvalue weighted by molar-refractivity contribution is 7.09. The molecule has 1 amide bonds. The maximum atomic E-state index is 11.6. The second-order valence-electron chi connectivity index (χ2n) is 3.43. The van der Waals surface area contributed by atoms with Crippen molar-refractivity contribution in [3.05, 3.63) is 22.4 Å². The number of hydrogen-bond acceptors (Lipinski definition) is 3. The van der Waals surface area contributed by atoms with Crippen LogP contribution in [0.1, 0.15) is 18.2 Å². The Kier molecular flexibility index (Phi) is 5.36. The Morgan fingerprint density at radius 3 is 3.00 bits per heavy atom. The van der Waals surface area contributed by atoms with Crippen LogP contribution in [-0.4, -0.2) is 30.9 Å². The average Bonchev–Trinajstić information content (AvgIpc) is 2.70. The molecular formula is C11H18N2OS. The Balaban J connectivity index is 2.27. The van der Waals surface area contributed by atoms with Crippen LogP contribution < -0.4 is 5.32 Å². The first kappa shape index (κ1) is 12.2. The number of nitrogens with one attached hydrogen (secondary N) is 1. The van der Waals surface area contributed by atoms with E-state index in [1.807, 2.05) is 25.4 Å². The van der Waals surface area contributed by atoms with E-state index in [9.17, 15) is 4.79 Å². The van der Waals surface area contributed by atoms with Crippen LogP contribution >= 0.6 is 11.3 Å². The van der Waals surface area contributed by atoms with E-state index in [4.69, 9.17) is 0 Å². The number of rotatable bonds is 6. The molecule has 0 spiro atoms. The molecule has 1 aromatic heterocycles. The number of thiophene rings is 1. The maximum Gasteiger partial charge on any atom is 0.223 e. The summed E-state index contributed by atoms with van der Waals surface area (Å²) in [5.74, 6) is 0.198. The molecule has 0 bridgehead atoms. The smallest absolute Gasteiger partial charge is 0.223 e. The van der Waals surface area contributed by atoms with Gasteiger partial charge in [-0.2, -0.15) is 0 Å². The van der Waals surface area contributed by atoms with Gasteiger partial charge in [0.1, 0.15) is 0 Å². The lowest BCUT2D eigenvalue weighted by atomic mass is 10.3. The number of carbonyl (C=O) groups excluding carboxylic acids is 1. The number of carbonyl (C=O) groups is 1. The summed E-state index contributed by atoms with van der Waals surface area (Å²) < 4.78 is 0. The number of hydrogen-bond donors (Lipinski definition) is 1. The van der Waals surface area contributed by atoms with Gasteiger partial charge >= 0.3 is 0 Å². The summed E-state index contributed by atoms with van der Waals surface area (Å²) in [4.78, 5) is 14.6. The van der Waals surface area contributed by atoms with Gasteiger partial charge in [0, 0.05) is 24.9 Å². The Bertz CT molecular complexity index is 285. The van der Waals surface area contributed by atoms with Crippen LogP contribution in [0.2, 0.25) is 0 Å². The topological polar surface area (TPSA) is 32.3 Å². The van der Waals surface area contributed by atoms with Crippen molar-refractivity contribution in [2.24, 2.45) is 0 Å². The Morgan fingerprint density at radius 1 is 1.60 bits per heavy atom. The van der Waals surface area contributed by atoms with E-state index in [-0.39, 0.29) is 5.91 Å². The predicted molar refractivity (Wildman–Crippen MR) is 64.0 cm³/mol. The first-order valence-electron chi connectivity index (χ1n) is 5.21. The van der Waals surface area contributed by atoms with Crippen LogP contribution in [0, 0.1) is 0 Å². The molecule has 0 atom stereocenters. The fourth-order valence-corrected chi connectivity index (χ4v) is 2.04. The summed E-state index contributed by atoms with van der Waals surface area (Å²) in [6, 6.07) is 4.07. The van der Waals surface area contributed by atoms with Crippen molar-refractivity contribution in [1.82, 2.24) is 10.2 Å². The molecular weight excluding hydrogens is 208 g/mol. The molecule has 3 nitrogen and oxygen atoms in total. The monoisotopic (exact) mass is 226 g/mol. The van der Waals surface area contributed by atoms with E-state index >= 15 is 0 Å². The van der Waals surface area contributed by atoms with Gasteiger partial charge in [-0.1, -0.05) is 13.0 Å². The molecule has 1 rings (SSSR count). The third-order valence-corrected chi connectivity index (χ3v) is 3.03. The molecule has 1 aromatic rings. The molecule has 1 heterocycles. The third kappa shape index (κ3) is 4.44. The molecule has 15 heavy (non-hydrogen) atoms. The fraction of sp³-hybridized carbons (Fsp3) is 0.545. The van der Waals surface area contributed by atoms with E-state index < -0.39 is 0 Å². The molecule has 4 heteroatoms. The summed E-state index contributed by atoms with van der Waals surface area (Å²) in [7, 11) is 1.86. The predicted octanol–water partition coefficient (Wildman–Crippen LogP) is 1.71. The van der Waals surface area contributed by atoms with Gasteiger partial charge in [0.25, 0.3) is 0 Å². The highest BCUT2D eigenvalue weighted by atomic mass is 32.1. The molecule has 0 saturated heterocycles. The van der Waals surface area contributed by atoms with Crippen molar-refractivity contribution >= 4 is 17.2 Å². The molecule has 0 aliphatic rings. The number of amides is 1. The Labute approximate surface area is 95.1 Å². The van der Waals surface area contributed by atoms with Gasteiger partial charge in [-0.15, -0.1) is 11.3 Å². The van der Waals surface area contributed by atoms with Crippen molar-refractivity contribution in [3.63, 3.8) is 0 Å². The summed E-state index contributed by atoms with van der Waals surface area (Å²) in [5, 5.41) is 5.18. The molecule has 0 aromatic carbocycles. The van der Waals surface area contributed by atoms with E-state index in [2.05, 4.69) is 11.4 Å². The molecule has 84 valence electrons. The molecule has 0 radical (unpaired) electrons. The first-order valence-corrected chi connectivity index (χ1v) is 6.09. The third-order valence-electron chi connectivity index (χ3n) is 2.16. The summed E-state index contributed by atoms with van der Waals surface area (Å²) >= 11 is 1.69. The van der Waals surface area contributed by atoms with Gasteiger partial charge in [0.05, 0.1) is 6.54 Å². The Morgan fingerprint density at radius 2 is 2.40 bits per heavy atom. The SMILES string of the molecule is CCNCCC(=O)N(C)Cc1cccs1. The highest BCUT2D eigenvalue weighted by Gasteiger charge is 2.08. The molecule has 1 N–H and O–H groups in total. The van der Waals surface area contributed by atoms with Crippen LogP contribution in [0.3, 0.4) is 0 Å². The normalized spacial score (nSPS) is 10.3. The lowest BCUT2D eigenvalue weighted by Crippen LogP contribution is -2.29. The van der Waals surface area contributed by atoms with Crippen LogP contribution in [0.4, 0.5) is 0 Å². The largest absolute Gasteiger partial charge is 0.341 e. The van der Waals surface area contributed by atoms with Gasteiger partial charge in [0.15, 0.2) is 0 Å². The van der Waals surface area contributed by atoms with E-state index in [0.29, 0.717) is 6.42 Å². The van der Waals surface area contributed by atoms with E-state index in [1.54, 1.807) is 16.2 Å². The minimum atomic E-state index is 0.198. The van der Waals surface area contributed by atoms with Crippen molar-refractivity contribution in [2.45, 2.75) is 19.9 Å². The second-order valence-corrected chi connectivity index (χ2v) is 4.46. The first-order chi connectivity index (χ1) is 7.24. The molecule has 0 aliphatic carbocycles. The number of nitrogens with zero attached hydrogens (tertiary/aromatic N) is 1. The Hall–Kier alpha value is -0.870. The second kappa shape index (κ2) is 6.58. The maximum absolute atomic E-state index is 11.6. The van der Waals surface area contributed by atoms with Gasteiger partial charge in [0.2, 0.25) is 5.91 Å². The summed E-state index contributed by atoms with van der Waals surface area (Å²) in [6.07, 6.45) is 0.579. The van der Waals surface area contributed by atoms with Crippen molar-refractivity contribution in [1.29, 1.82) is 0 Å². The van der Waals surface area contributed by atoms with Gasteiger partial charge in [-0.05, 0) is 18.0 Å². The zero-order valence-corrected chi connectivity index (χ0v) is 10.1. The molecule has 0 fully saturated rings. The van der Waals surface area contributed by atoms with Crippen LogP contribution in [0.5, 0.6) is 0 Å². The summed E-state index contributed by atoms with van der Waals surface area (Å²) in [6.45, 7) is 4.45. The van der Waals surface area contributed by atoms with Crippen molar-refractivity contribution in [2.75, 3.05) is 20.1 Å². The van der Waals surface area contributed by atoms with Gasteiger partial charge in [-0.3, -0.25) is 4.79 Å². The fourth-order valence-electron chi connectivity index (χ4n) is 1.29. The quantitative estimate of drug-likeness (QED) is 0.749. The lowest BCUT2D eigenvalue weighted by molar-refractivity contribution is -0.130. The summed E-state index contributed by atoms with van der Waals surface area (Å²) in [5.41, 5.74) is 0. The highest BCUT2D eigenvalue weighted by Crippen LogP contribution is 2.11.